The molecule has 0 fully saturated rings. The fraction of sp³-hybridized carbons (Fsp3) is 0.533. The Kier molecular flexibility index (Phi) is 10.2. The first-order chi connectivity index (χ1) is 9.58. The van der Waals surface area contributed by atoms with Gasteiger partial charge in [-0.15, -0.1) is 24.0 Å². The zero-order chi connectivity index (χ0) is 15.0. The number of hydrogen-bond donors (Lipinski definition) is 2. The van der Waals surface area contributed by atoms with Crippen LogP contribution in [0.3, 0.4) is 0 Å². The fourth-order valence-electron chi connectivity index (χ4n) is 2.00. The highest BCUT2D eigenvalue weighted by atomic mass is 127. The van der Waals surface area contributed by atoms with Crippen LogP contribution in [0, 0.1) is 0 Å². The van der Waals surface area contributed by atoms with Crippen molar-refractivity contribution in [2.75, 3.05) is 27.4 Å². The van der Waals surface area contributed by atoms with Gasteiger partial charge in [0.1, 0.15) is 5.75 Å². The van der Waals surface area contributed by atoms with Crippen LogP contribution in [0.5, 0.6) is 5.75 Å². The second kappa shape index (κ2) is 10.7. The minimum absolute atomic E-state index is 0. The number of nitrogens with zero attached hydrogens (tertiary/aromatic N) is 1. The molecule has 21 heavy (non-hydrogen) atoms. The van der Waals surface area contributed by atoms with E-state index < -0.39 is 0 Å². The minimum atomic E-state index is 0. The Morgan fingerprint density at radius 3 is 2.57 bits per heavy atom. The number of halogens is 1. The Balaban J connectivity index is 0.00000400. The molecule has 0 spiro atoms. The second-order valence-electron chi connectivity index (χ2n) is 4.87. The molecular formula is C15H26IN3O2. The summed E-state index contributed by atoms with van der Waals surface area (Å²) in [5.41, 5.74) is 6.99. The summed E-state index contributed by atoms with van der Waals surface area (Å²) in [6.07, 6.45) is 0. The van der Waals surface area contributed by atoms with Crippen molar-refractivity contribution in [2.45, 2.75) is 25.8 Å². The molecule has 5 nitrogen and oxygen atoms in total. The van der Waals surface area contributed by atoms with Gasteiger partial charge in [-0.25, -0.2) is 0 Å². The summed E-state index contributed by atoms with van der Waals surface area (Å²) in [7, 11) is 3.34. The van der Waals surface area contributed by atoms with Gasteiger partial charge < -0.3 is 20.5 Å². The molecule has 3 N–H and O–H groups in total. The van der Waals surface area contributed by atoms with E-state index in [0.717, 1.165) is 11.3 Å². The standard InChI is InChI=1S/C15H25N3O2.HI/c1-11(13-7-5-6-8-14(13)20-4)9-17-15(16)18-12(2)10-19-3;/h5-8,11-12H,9-10H2,1-4H3,(H3,16,17,18);1H. The number of aliphatic imine (C=N–C) groups is 1. The molecule has 2 unspecified atom stereocenters. The maximum atomic E-state index is 5.85. The summed E-state index contributed by atoms with van der Waals surface area (Å²) >= 11 is 0. The van der Waals surface area contributed by atoms with E-state index in [1.54, 1.807) is 14.2 Å². The third-order valence-corrected chi connectivity index (χ3v) is 3.02. The molecule has 0 saturated heterocycles. The summed E-state index contributed by atoms with van der Waals surface area (Å²) in [5.74, 6) is 1.56. The largest absolute Gasteiger partial charge is 0.496 e. The Bertz CT molecular complexity index is 441. The van der Waals surface area contributed by atoms with Gasteiger partial charge >= 0.3 is 0 Å². The van der Waals surface area contributed by atoms with Crippen LogP contribution >= 0.6 is 24.0 Å². The van der Waals surface area contributed by atoms with E-state index in [4.69, 9.17) is 15.2 Å². The molecule has 0 aliphatic heterocycles. The number of ether oxygens (including phenoxy) is 2. The SMILES string of the molecule is COCC(C)NC(N)=NCC(C)c1ccccc1OC.I. The highest BCUT2D eigenvalue weighted by molar-refractivity contribution is 14.0. The quantitative estimate of drug-likeness (QED) is 0.414. The van der Waals surface area contributed by atoms with Crippen molar-refractivity contribution < 1.29 is 9.47 Å². The molecule has 0 aromatic heterocycles. The fourth-order valence-corrected chi connectivity index (χ4v) is 2.00. The normalized spacial score (nSPS) is 14.0. The zero-order valence-electron chi connectivity index (χ0n) is 13.1. The molecule has 1 aromatic carbocycles. The molecule has 1 aromatic rings. The highest BCUT2D eigenvalue weighted by Gasteiger charge is 2.10. The van der Waals surface area contributed by atoms with Crippen LogP contribution in [0.25, 0.3) is 0 Å². The van der Waals surface area contributed by atoms with E-state index >= 15 is 0 Å². The molecule has 0 radical (unpaired) electrons. The lowest BCUT2D eigenvalue weighted by atomic mass is 10.0. The van der Waals surface area contributed by atoms with Crippen LogP contribution < -0.4 is 15.8 Å². The Labute approximate surface area is 144 Å². The number of hydrogen-bond acceptors (Lipinski definition) is 3. The smallest absolute Gasteiger partial charge is 0.188 e. The molecule has 6 heteroatoms. The molecule has 0 heterocycles. The van der Waals surface area contributed by atoms with Gasteiger partial charge in [0, 0.05) is 25.6 Å². The monoisotopic (exact) mass is 407 g/mol. The first-order valence-electron chi connectivity index (χ1n) is 6.76. The van der Waals surface area contributed by atoms with E-state index in [2.05, 4.69) is 23.3 Å². The maximum absolute atomic E-state index is 5.85. The van der Waals surface area contributed by atoms with Crippen molar-refractivity contribution in [1.82, 2.24) is 5.32 Å². The van der Waals surface area contributed by atoms with Crippen molar-refractivity contribution in [3.63, 3.8) is 0 Å². The number of nitrogens with two attached hydrogens (primary N) is 1. The molecule has 0 aliphatic rings. The average Bonchev–Trinajstić information content (AvgIpc) is 2.44. The maximum Gasteiger partial charge on any atom is 0.188 e. The van der Waals surface area contributed by atoms with Gasteiger partial charge in [-0.2, -0.15) is 0 Å². The molecule has 0 aliphatic carbocycles. The minimum Gasteiger partial charge on any atom is -0.496 e. The van der Waals surface area contributed by atoms with Gasteiger partial charge in [0.25, 0.3) is 0 Å². The molecule has 0 amide bonds. The zero-order valence-corrected chi connectivity index (χ0v) is 15.5. The predicted molar refractivity (Wildman–Crippen MR) is 97.8 cm³/mol. The number of benzene rings is 1. The summed E-state index contributed by atoms with van der Waals surface area (Å²) in [4.78, 5) is 4.37. The van der Waals surface area contributed by atoms with Gasteiger partial charge in [0.05, 0.1) is 13.7 Å². The van der Waals surface area contributed by atoms with Crippen molar-refractivity contribution in [2.24, 2.45) is 10.7 Å². The molecule has 0 bridgehead atoms. The van der Waals surface area contributed by atoms with Crippen molar-refractivity contribution >= 4 is 29.9 Å². The summed E-state index contributed by atoms with van der Waals surface area (Å²) in [5, 5.41) is 3.09. The third-order valence-electron chi connectivity index (χ3n) is 3.02. The lowest BCUT2D eigenvalue weighted by Gasteiger charge is -2.16. The van der Waals surface area contributed by atoms with E-state index in [-0.39, 0.29) is 35.9 Å². The van der Waals surface area contributed by atoms with Crippen molar-refractivity contribution in [3.8, 4) is 5.75 Å². The first kappa shape index (κ1) is 20.0. The number of rotatable bonds is 7. The van der Waals surface area contributed by atoms with E-state index in [9.17, 15) is 0 Å². The lowest BCUT2D eigenvalue weighted by Crippen LogP contribution is -2.40. The molecular weight excluding hydrogens is 381 g/mol. The first-order valence-corrected chi connectivity index (χ1v) is 6.76. The average molecular weight is 407 g/mol. The number of nitrogens with one attached hydrogen (secondary N) is 1. The summed E-state index contributed by atoms with van der Waals surface area (Å²) in [6.45, 7) is 5.31. The topological polar surface area (TPSA) is 68.9 Å². The van der Waals surface area contributed by atoms with Crippen LogP contribution in [-0.2, 0) is 4.74 Å². The number of para-hydroxylation sites is 1. The van der Waals surface area contributed by atoms with E-state index in [1.807, 2.05) is 25.1 Å². The number of methoxy groups -OCH3 is 2. The van der Waals surface area contributed by atoms with E-state index in [1.165, 1.54) is 0 Å². The lowest BCUT2D eigenvalue weighted by molar-refractivity contribution is 0.179. The van der Waals surface area contributed by atoms with Gasteiger partial charge in [-0.05, 0) is 18.6 Å². The van der Waals surface area contributed by atoms with Crippen LogP contribution in [-0.4, -0.2) is 39.4 Å². The van der Waals surface area contributed by atoms with Crippen molar-refractivity contribution in [1.29, 1.82) is 0 Å². The summed E-state index contributed by atoms with van der Waals surface area (Å²) < 4.78 is 10.4. The Hall–Kier alpha value is -1.02. The van der Waals surface area contributed by atoms with Crippen molar-refractivity contribution in [3.05, 3.63) is 29.8 Å². The van der Waals surface area contributed by atoms with Crippen LogP contribution in [0.4, 0.5) is 0 Å². The van der Waals surface area contributed by atoms with Crippen LogP contribution in [0.15, 0.2) is 29.3 Å². The van der Waals surface area contributed by atoms with Gasteiger partial charge in [0.15, 0.2) is 5.96 Å². The second-order valence-corrected chi connectivity index (χ2v) is 4.87. The van der Waals surface area contributed by atoms with Gasteiger partial charge in [0.2, 0.25) is 0 Å². The van der Waals surface area contributed by atoms with Crippen LogP contribution in [0.1, 0.15) is 25.3 Å². The Morgan fingerprint density at radius 1 is 1.29 bits per heavy atom. The molecule has 1 rings (SSSR count). The molecule has 2 atom stereocenters. The highest BCUT2D eigenvalue weighted by Crippen LogP contribution is 2.26. The predicted octanol–water partition coefficient (Wildman–Crippen LogP) is 2.36. The van der Waals surface area contributed by atoms with E-state index in [0.29, 0.717) is 19.1 Å². The summed E-state index contributed by atoms with van der Waals surface area (Å²) in [6, 6.07) is 8.11. The Morgan fingerprint density at radius 2 is 1.95 bits per heavy atom. The van der Waals surface area contributed by atoms with Gasteiger partial charge in [-0.1, -0.05) is 25.1 Å². The molecule has 0 saturated carbocycles. The molecule has 120 valence electrons. The van der Waals surface area contributed by atoms with Gasteiger partial charge in [-0.3, -0.25) is 4.99 Å². The van der Waals surface area contributed by atoms with Crippen LogP contribution in [0.2, 0.25) is 0 Å². The third kappa shape index (κ3) is 6.99. The number of guanidine groups is 1.